The van der Waals surface area contributed by atoms with E-state index in [0.717, 1.165) is 35.4 Å². The lowest BCUT2D eigenvalue weighted by Gasteiger charge is -2.43. The van der Waals surface area contributed by atoms with Gasteiger partial charge in [0.2, 0.25) is 5.91 Å². The Morgan fingerprint density at radius 2 is 1.97 bits per heavy atom. The van der Waals surface area contributed by atoms with Gasteiger partial charge in [-0.15, -0.1) is 0 Å². The monoisotopic (exact) mass is 396 g/mol. The van der Waals surface area contributed by atoms with Crippen LogP contribution in [0.2, 0.25) is 0 Å². The van der Waals surface area contributed by atoms with Crippen LogP contribution in [0.25, 0.3) is 0 Å². The van der Waals surface area contributed by atoms with E-state index in [0.29, 0.717) is 13.2 Å². The Balaban J connectivity index is 1.60. The molecule has 0 radical (unpaired) electrons. The van der Waals surface area contributed by atoms with Crippen molar-refractivity contribution in [2.24, 2.45) is 0 Å². The summed E-state index contributed by atoms with van der Waals surface area (Å²) in [5, 5.41) is 17.4. The maximum absolute atomic E-state index is 11.7. The second-order valence-corrected chi connectivity index (χ2v) is 8.25. The highest BCUT2D eigenvalue weighted by Gasteiger charge is 2.43. The average molecular weight is 396 g/mol. The Hall–Kier alpha value is -2.41. The van der Waals surface area contributed by atoms with Crippen LogP contribution in [0.1, 0.15) is 42.1 Å². The van der Waals surface area contributed by atoms with Crippen LogP contribution in [0.4, 0.5) is 0 Å². The Morgan fingerprint density at radius 1 is 1.17 bits per heavy atom. The molecular weight excluding hydrogens is 368 g/mol. The van der Waals surface area contributed by atoms with Crippen molar-refractivity contribution in [2.45, 2.75) is 51.2 Å². The van der Waals surface area contributed by atoms with E-state index in [-0.39, 0.29) is 18.6 Å². The first kappa shape index (κ1) is 19.9. The third kappa shape index (κ3) is 4.29. The molecule has 6 heteroatoms. The zero-order valence-corrected chi connectivity index (χ0v) is 16.9. The lowest BCUT2D eigenvalue weighted by Crippen LogP contribution is -2.53. The number of hydrogen-bond donors (Lipinski definition) is 3. The lowest BCUT2D eigenvalue weighted by molar-refractivity contribution is -0.126. The summed E-state index contributed by atoms with van der Waals surface area (Å²) in [6.45, 7) is 5.41. The summed E-state index contributed by atoms with van der Waals surface area (Å²) in [6.07, 6.45) is 0.179. The van der Waals surface area contributed by atoms with Gasteiger partial charge >= 0.3 is 0 Å². The number of fused-ring (bicyclic) bond motifs is 2. The van der Waals surface area contributed by atoms with Crippen LogP contribution < -0.4 is 15.4 Å². The van der Waals surface area contributed by atoms with Gasteiger partial charge in [0.15, 0.2) is 0 Å². The van der Waals surface area contributed by atoms with Gasteiger partial charge in [0.25, 0.3) is 0 Å². The van der Waals surface area contributed by atoms with Gasteiger partial charge in [-0.1, -0.05) is 30.3 Å². The molecule has 2 aliphatic rings. The molecule has 2 aliphatic heterocycles. The van der Waals surface area contributed by atoms with Gasteiger partial charge in [0, 0.05) is 12.1 Å². The Kier molecular flexibility index (Phi) is 5.58. The molecule has 2 aromatic rings. The van der Waals surface area contributed by atoms with Gasteiger partial charge in [0.1, 0.15) is 24.1 Å². The number of ether oxygens (including phenoxy) is 2. The number of nitrogens with one attached hydrogen (secondary N) is 2. The molecule has 154 valence electrons. The van der Waals surface area contributed by atoms with Crippen LogP contribution >= 0.6 is 0 Å². The standard InChI is InChI=1S/C23H28N2O4/c1-23(2)22(27)21(24-9-8-15-6-4-3-5-7-15)18-10-17-13-28-14-20(26)25-12-16(17)11-19(18)29-23/h3-7,10-11,21-22,24,27H,8-9,12-14H2,1-2H3,(H,25,26)/t21-,22+/m0/s1. The van der Waals surface area contributed by atoms with E-state index in [1.54, 1.807) is 0 Å². The molecule has 4 rings (SSSR count). The van der Waals surface area contributed by atoms with Crippen molar-refractivity contribution < 1.29 is 19.4 Å². The molecule has 0 bridgehead atoms. The van der Waals surface area contributed by atoms with Gasteiger partial charge in [-0.3, -0.25) is 4.79 Å². The van der Waals surface area contributed by atoms with Crippen molar-refractivity contribution in [1.82, 2.24) is 10.6 Å². The van der Waals surface area contributed by atoms with Crippen LogP contribution in [0, 0.1) is 0 Å². The van der Waals surface area contributed by atoms with Crippen molar-refractivity contribution in [3.05, 3.63) is 64.7 Å². The summed E-state index contributed by atoms with van der Waals surface area (Å²) in [5.74, 6) is 0.622. The van der Waals surface area contributed by atoms with E-state index < -0.39 is 11.7 Å². The summed E-state index contributed by atoms with van der Waals surface area (Å²) in [7, 11) is 0. The molecule has 0 saturated heterocycles. The highest BCUT2D eigenvalue weighted by molar-refractivity contribution is 5.77. The summed E-state index contributed by atoms with van der Waals surface area (Å²) in [6, 6.07) is 14.1. The number of hydrogen-bond acceptors (Lipinski definition) is 5. The number of benzene rings is 2. The molecular formula is C23H28N2O4. The fourth-order valence-corrected chi connectivity index (χ4v) is 3.97. The van der Waals surface area contributed by atoms with Gasteiger partial charge in [0.05, 0.1) is 12.6 Å². The summed E-state index contributed by atoms with van der Waals surface area (Å²) in [5.41, 5.74) is 3.44. The number of aliphatic hydroxyl groups excluding tert-OH is 1. The summed E-state index contributed by atoms with van der Waals surface area (Å²) >= 11 is 0. The first-order valence-electron chi connectivity index (χ1n) is 10.1. The molecule has 0 saturated carbocycles. The third-order valence-corrected chi connectivity index (χ3v) is 5.66. The Morgan fingerprint density at radius 3 is 2.76 bits per heavy atom. The van der Waals surface area contributed by atoms with Crippen molar-refractivity contribution in [2.75, 3.05) is 13.2 Å². The van der Waals surface area contributed by atoms with Crippen molar-refractivity contribution in [3.8, 4) is 5.75 Å². The first-order valence-corrected chi connectivity index (χ1v) is 10.1. The molecule has 0 unspecified atom stereocenters. The van der Waals surface area contributed by atoms with E-state index in [2.05, 4.69) is 22.8 Å². The molecule has 0 fully saturated rings. The molecule has 0 aromatic heterocycles. The number of carbonyl (C=O) groups is 1. The van der Waals surface area contributed by atoms with E-state index >= 15 is 0 Å². The highest BCUT2D eigenvalue weighted by atomic mass is 16.5. The summed E-state index contributed by atoms with van der Waals surface area (Å²) < 4.78 is 11.7. The summed E-state index contributed by atoms with van der Waals surface area (Å²) in [4.78, 5) is 11.7. The first-order chi connectivity index (χ1) is 13.9. The average Bonchev–Trinajstić information content (AvgIpc) is 2.69. The topological polar surface area (TPSA) is 79.8 Å². The molecule has 6 nitrogen and oxygen atoms in total. The van der Waals surface area contributed by atoms with Crippen LogP contribution in [0.15, 0.2) is 42.5 Å². The second-order valence-electron chi connectivity index (χ2n) is 8.25. The van der Waals surface area contributed by atoms with Gasteiger partial charge in [-0.05, 0) is 55.6 Å². The predicted octanol–water partition coefficient (Wildman–Crippen LogP) is 2.24. The lowest BCUT2D eigenvalue weighted by atomic mass is 9.85. The van der Waals surface area contributed by atoms with Crippen molar-refractivity contribution in [1.29, 1.82) is 0 Å². The van der Waals surface area contributed by atoms with Gasteiger partial charge in [-0.25, -0.2) is 0 Å². The highest BCUT2D eigenvalue weighted by Crippen LogP contribution is 2.41. The Bertz CT molecular complexity index is 882. The van der Waals surface area contributed by atoms with E-state index in [1.165, 1.54) is 5.56 Å². The molecule has 0 spiro atoms. The van der Waals surface area contributed by atoms with Gasteiger partial charge in [-0.2, -0.15) is 0 Å². The maximum atomic E-state index is 11.7. The fourth-order valence-electron chi connectivity index (χ4n) is 3.97. The number of carbonyl (C=O) groups excluding carboxylic acids is 1. The fraction of sp³-hybridized carbons (Fsp3) is 0.435. The van der Waals surface area contributed by atoms with Crippen LogP contribution in [0.5, 0.6) is 5.75 Å². The molecule has 1 amide bonds. The minimum Gasteiger partial charge on any atom is -0.485 e. The normalized spacial score (nSPS) is 23.1. The predicted molar refractivity (Wildman–Crippen MR) is 110 cm³/mol. The van der Waals surface area contributed by atoms with Crippen LogP contribution in [-0.4, -0.2) is 35.9 Å². The number of amides is 1. The molecule has 2 atom stereocenters. The zero-order chi connectivity index (χ0) is 20.4. The third-order valence-electron chi connectivity index (χ3n) is 5.66. The Labute approximate surface area is 171 Å². The van der Waals surface area contributed by atoms with Crippen LogP contribution in [0.3, 0.4) is 0 Å². The number of rotatable bonds is 4. The smallest absolute Gasteiger partial charge is 0.246 e. The van der Waals surface area contributed by atoms with E-state index in [1.807, 2.05) is 44.2 Å². The molecule has 2 heterocycles. The van der Waals surface area contributed by atoms with Crippen LogP contribution in [-0.2, 0) is 29.1 Å². The molecule has 29 heavy (non-hydrogen) atoms. The minimum absolute atomic E-state index is 0.0570. The van der Waals surface area contributed by atoms with E-state index in [4.69, 9.17) is 9.47 Å². The van der Waals surface area contributed by atoms with Gasteiger partial charge < -0.3 is 25.2 Å². The van der Waals surface area contributed by atoms with E-state index in [9.17, 15) is 9.90 Å². The molecule has 0 aliphatic carbocycles. The SMILES string of the molecule is CC1(C)Oc2cc3c(cc2[C@H](NCCc2ccccc2)[C@H]1O)COCC(=O)NC3. The molecule has 3 N–H and O–H groups in total. The van der Waals surface area contributed by atoms with Crippen molar-refractivity contribution >= 4 is 5.91 Å². The maximum Gasteiger partial charge on any atom is 0.246 e. The number of aliphatic hydroxyl groups is 1. The van der Waals surface area contributed by atoms with Crippen molar-refractivity contribution in [3.63, 3.8) is 0 Å². The zero-order valence-electron chi connectivity index (χ0n) is 16.9. The molecule has 2 aromatic carbocycles. The quantitative estimate of drug-likeness (QED) is 0.739. The second kappa shape index (κ2) is 8.14. The largest absolute Gasteiger partial charge is 0.485 e. The minimum atomic E-state index is -0.729.